The third-order valence-electron chi connectivity index (χ3n) is 5.64. The molecule has 0 heterocycles. The van der Waals surface area contributed by atoms with Crippen LogP contribution in [0, 0.1) is 0 Å². The number of ether oxygens (including phenoxy) is 1. The molecule has 0 aliphatic heterocycles. The summed E-state index contributed by atoms with van der Waals surface area (Å²) in [6.45, 7) is 0. The minimum Gasteiger partial charge on any atom is -0.494 e. The summed E-state index contributed by atoms with van der Waals surface area (Å²) in [6.07, 6.45) is 5.94. The van der Waals surface area contributed by atoms with Crippen molar-refractivity contribution in [2.24, 2.45) is 0 Å². The van der Waals surface area contributed by atoms with Gasteiger partial charge in [-0.25, -0.2) is 16.8 Å². The molecular formula is C22H29N3O6S2. The second-order valence-electron chi connectivity index (χ2n) is 8.08. The predicted molar refractivity (Wildman–Crippen MR) is 128 cm³/mol. The van der Waals surface area contributed by atoms with Gasteiger partial charge >= 0.3 is 0 Å². The monoisotopic (exact) mass is 495 g/mol. The third kappa shape index (κ3) is 6.24. The molecule has 180 valence electrons. The van der Waals surface area contributed by atoms with Crippen molar-refractivity contribution in [3.63, 3.8) is 0 Å². The number of sulfonamides is 2. The lowest BCUT2D eigenvalue weighted by Crippen LogP contribution is -2.38. The average Bonchev–Trinajstić information content (AvgIpc) is 2.79. The number of nitrogens with one attached hydrogen (secondary N) is 2. The zero-order valence-electron chi connectivity index (χ0n) is 18.9. The molecule has 2 aromatic carbocycles. The van der Waals surface area contributed by atoms with E-state index in [1.54, 1.807) is 7.05 Å². The Kier molecular flexibility index (Phi) is 7.65. The Hall–Kier alpha value is -2.63. The first-order valence-corrected chi connectivity index (χ1v) is 13.9. The zero-order chi connectivity index (χ0) is 24.2. The van der Waals surface area contributed by atoms with Crippen molar-refractivity contribution >= 4 is 37.3 Å². The summed E-state index contributed by atoms with van der Waals surface area (Å²) in [4.78, 5) is 12.8. The Morgan fingerprint density at radius 3 is 2.21 bits per heavy atom. The van der Waals surface area contributed by atoms with E-state index in [2.05, 4.69) is 10.0 Å². The van der Waals surface area contributed by atoms with Crippen LogP contribution in [0.25, 0.3) is 0 Å². The van der Waals surface area contributed by atoms with Crippen LogP contribution in [0.3, 0.4) is 0 Å². The highest BCUT2D eigenvalue weighted by molar-refractivity contribution is 7.92. The summed E-state index contributed by atoms with van der Waals surface area (Å²) in [5.74, 6) is -0.198. The fraction of sp³-hybridized carbons (Fsp3) is 0.409. The van der Waals surface area contributed by atoms with E-state index >= 15 is 0 Å². The standard InChI is InChI=1S/C22H29N3O6S2/c1-25(18-7-5-4-6-8-18)33(29,30)19-12-9-16(10-13-19)22(26)23-17-11-14-20(21(15-17)31-2)24-32(3,27)28/h9-15,18,24H,4-8H2,1-3H3,(H,23,26). The first-order valence-electron chi connectivity index (χ1n) is 10.6. The fourth-order valence-electron chi connectivity index (χ4n) is 3.84. The second-order valence-corrected chi connectivity index (χ2v) is 11.8. The van der Waals surface area contributed by atoms with Gasteiger partial charge in [0.1, 0.15) is 5.75 Å². The second kappa shape index (κ2) is 10.1. The summed E-state index contributed by atoms with van der Waals surface area (Å²) < 4.78 is 57.8. The topological polar surface area (TPSA) is 122 Å². The minimum atomic E-state index is -3.64. The quantitative estimate of drug-likeness (QED) is 0.580. The molecule has 33 heavy (non-hydrogen) atoms. The lowest BCUT2D eigenvalue weighted by Gasteiger charge is -2.30. The highest BCUT2D eigenvalue weighted by Gasteiger charge is 2.29. The molecule has 1 aliphatic carbocycles. The molecule has 11 heteroatoms. The smallest absolute Gasteiger partial charge is 0.255 e. The first kappa shape index (κ1) is 25.0. The lowest BCUT2D eigenvalue weighted by molar-refractivity contribution is 0.102. The molecule has 2 aromatic rings. The number of hydrogen-bond acceptors (Lipinski definition) is 6. The van der Waals surface area contributed by atoms with Crippen LogP contribution in [0.15, 0.2) is 47.4 Å². The Balaban J connectivity index is 1.72. The van der Waals surface area contributed by atoms with Crippen LogP contribution in [0.1, 0.15) is 42.5 Å². The Labute approximate surface area is 195 Å². The number of hydrogen-bond donors (Lipinski definition) is 2. The molecule has 0 bridgehead atoms. The molecule has 0 aromatic heterocycles. The van der Waals surface area contributed by atoms with Gasteiger partial charge < -0.3 is 10.1 Å². The van der Waals surface area contributed by atoms with Crippen LogP contribution in [0.5, 0.6) is 5.75 Å². The van der Waals surface area contributed by atoms with E-state index < -0.39 is 26.0 Å². The number of carbonyl (C=O) groups is 1. The van der Waals surface area contributed by atoms with E-state index in [0.29, 0.717) is 5.69 Å². The summed E-state index contributed by atoms with van der Waals surface area (Å²) >= 11 is 0. The van der Waals surface area contributed by atoms with Crippen molar-refractivity contribution in [2.45, 2.75) is 43.0 Å². The summed E-state index contributed by atoms with van der Waals surface area (Å²) in [7, 11) is -4.13. The lowest BCUT2D eigenvalue weighted by atomic mass is 9.96. The molecule has 3 rings (SSSR count). The summed E-state index contributed by atoms with van der Waals surface area (Å²) in [5.41, 5.74) is 0.922. The maximum absolute atomic E-state index is 13.0. The predicted octanol–water partition coefficient (Wildman–Crippen LogP) is 3.27. The Morgan fingerprint density at radius 2 is 1.64 bits per heavy atom. The molecule has 0 saturated heterocycles. The number of carbonyl (C=O) groups excluding carboxylic acids is 1. The molecule has 9 nitrogen and oxygen atoms in total. The molecule has 0 spiro atoms. The number of methoxy groups -OCH3 is 1. The number of nitrogens with zero attached hydrogens (tertiary/aromatic N) is 1. The maximum atomic E-state index is 13.0. The molecular weight excluding hydrogens is 466 g/mol. The van der Waals surface area contributed by atoms with Crippen LogP contribution in [0.4, 0.5) is 11.4 Å². The summed E-state index contributed by atoms with van der Waals surface area (Å²) in [6, 6.07) is 10.3. The SMILES string of the molecule is COc1cc(NC(=O)c2ccc(S(=O)(=O)N(C)C3CCCCC3)cc2)ccc1NS(C)(=O)=O. The van der Waals surface area contributed by atoms with Crippen molar-refractivity contribution in [1.82, 2.24) is 4.31 Å². The largest absolute Gasteiger partial charge is 0.494 e. The summed E-state index contributed by atoms with van der Waals surface area (Å²) in [5, 5.41) is 2.70. The van der Waals surface area contributed by atoms with Crippen LogP contribution in [-0.2, 0) is 20.0 Å². The number of rotatable bonds is 8. The van der Waals surface area contributed by atoms with Gasteiger partial charge in [-0.15, -0.1) is 0 Å². The molecule has 1 amide bonds. The Morgan fingerprint density at radius 1 is 1.00 bits per heavy atom. The molecule has 1 saturated carbocycles. The zero-order valence-corrected chi connectivity index (χ0v) is 20.5. The van der Waals surface area contributed by atoms with Gasteiger partial charge in [0.05, 0.1) is 23.9 Å². The van der Waals surface area contributed by atoms with E-state index in [1.807, 2.05) is 0 Å². The molecule has 0 radical (unpaired) electrons. The van der Waals surface area contributed by atoms with Gasteiger partial charge in [0.2, 0.25) is 20.0 Å². The van der Waals surface area contributed by atoms with E-state index in [1.165, 1.54) is 53.9 Å². The van der Waals surface area contributed by atoms with Gasteiger partial charge in [0, 0.05) is 30.4 Å². The van der Waals surface area contributed by atoms with Gasteiger partial charge in [-0.3, -0.25) is 9.52 Å². The van der Waals surface area contributed by atoms with E-state index in [9.17, 15) is 21.6 Å². The number of amides is 1. The van der Waals surface area contributed by atoms with Gasteiger partial charge in [-0.1, -0.05) is 19.3 Å². The molecule has 0 unspecified atom stereocenters. The first-order chi connectivity index (χ1) is 15.5. The van der Waals surface area contributed by atoms with E-state index in [-0.39, 0.29) is 27.9 Å². The Bertz CT molecular complexity index is 1210. The maximum Gasteiger partial charge on any atom is 0.255 e. The molecule has 1 fully saturated rings. The van der Waals surface area contributed by atoms with Crippen LogP contribution in [-0.4, -0.2) is 53.5 Å². The molecule has 1 aliphatic rings. The van der Waals surface area contributed by atoms with Crippen molar-refractivity contribution in [2.75, 3.05) is 30.5 Å². The van der Waals surface area contributed by atoms with Crippen molar-refractivity contribution < 1.29 is 26.4 Å². The highest BCUT2D eigenvalue weighted by Crippen LogP contribution is 2.29. The van der Waals surface area contributed by atoms with E-state index in [0.717, 1.165) is 38.4 Å². The van der Waals surface area contributed by atoms with E-state index in [4.69, 9.17) is 4.74 Å². The number of anilines is 2. The van der Waals surface area contributed by atoms with Crippen LogP contribution < -0.4 is 14.8 Å². The third-order valence-corrected chi connectivity index (χ3v) is 8.15. The van der Waals surface area contributed by atoms with Crippen molar-refractivity contribution in [1.29, 1.82) is 0 Å². The van der Waals surface area contributed by atoms with Crippen LogP contribution >= 0.6 is 0 Å². The molecule has 2 N–H and O–H groups in total. The highest BCUT2D eigenvalue weighted by atomic mass is 32.2. The van der Waals surface area contributed by atoms with Gasteiger partial charge in [0.15, 0.2) is 0 Å². The fourth-order valence-corrected chi connectivity index (χ4v) is 5.83. The minimum absolute atomic E-state index is 0.00172. The van der Waals surface area contributed by atoms with Gasteiger partial charge in [0.25, 0.3) is 5.91 Å². The van der Waals surface area contributed by atoms with Crippen LogP contribution in [0.2, 0.25) is 0 Å². The molecule has 0 atom stereocenters. The van der Waals surface area contributed by atoms with Crippen molar-refractivity contribution in [3.8, 4) is 5.75 Å². The average molecular weight is 496 g/mol. The van der Waals surface area contributed by atoms with Crippen molar-refractivity contribution in [3.05, 3.63) is 48.0 Å². The van der Waals surface area contributed by atoms with Gasteiger partial charge in [-0.05, 0) is 49.2 Å². The van der Waals surface area contributed by atoms with Gasteiger partial charge in [-0.2, -0.15) is 4.31 Å². The normalized spacial score (nSPS) is 15.3. The number of benzene rings is 2.